The number of rotatable bonds is 7. The van der Waals surface area contributed by atoms with Crippen molar-refractivity contribution in [3.05, 3.63) is 58.1 Å². The predicted molar refractivity (Wildman–Crippen MR) is 182 cm³/mol. The van der Waals surface area contributed by atoms with Gasteiger partial charge in [0, 0.05) is 70.0 Å². The highest BCUT2D eigenvalue weighted by molar-refractivity contribution is 6.33. The lowest BCUT2D eigenvalue weighted by Gasteiger charge is -2.43. The molecule has 3 saturated heterocycles. The monoisotopic (exact) mass is 703 g/mol. The Balaban J connectivity index is 1.13. The van der Waals surface area contributed by atoms with Gasteiger partial charge in [0.05, 0.1) is 22.2 Å². The number of benzene rings is 2. The molecular formula is C35H45ClF3N7O3. The van der Waals surface area contributed by atoms with Crippen LogP contribution in [0.5, 0.6) is 0 Å². The SMILES string of the molecule is CN1CCC(N2CCN(C(=O)[C@H](CC(=O)N3CCC(N4Cc5ccccc5NC4=O)CC3)Cc3cc(Cl)c(N)c(C(F)(F)F)c3)CC2)CC1. The lowest BCUT2D eigenvalue weighted by atomic mass is 9.91. The fraction of sp³-hybridized carbons (Fsp3) is 0.571. The smallest absolute Gasteiger partial charge is 0.397 e. The molecule has 0 spiro atoms. The van der Waals surface area contributed by atoms with Crippen molar-refractivity contribution >= 4 is 40.8 Å². The molecule has 49 heavy (non-hydrogen) atoms. The average molecular weight is 704 g/mol. The van der Waals surface area contributed by atoms with Crippen LogP contribution in [0.2, 0.25) is 5.02 Å². The molecule has 1 atom stereocenters. The van der Waals surface area contributed by atoms with Crippen molar-refractivity contribution in [2.24, 2.45) is 5.92 Å². The second kappa shape index (κ2) is 14.7. The van der Waals surface area contributed by atoms with Crippen LogP contribution in [0, 0.1) is 5.92 Å². The van der Waals surface area contributed by atoms with Gasteiger partial charge in [-0.3, -0.25) is 14.5 Å². The summed E-state index contributed by atoms with van der Waals surface area (Å²) < 4.78 is 41.4. The first kappa shape index (κ1) is 35.3. The van der Waals surface area contributed by atoms with Gasteiger partial charge in [0.25, 0.3) is 0 Å². The summed E-state index contributed by atoms with van der Waals surface area (Å²) in [5.74, 6) is -1.34. The van der Waals surface area contributed by atoms with E-state index in [0.29, 0.717) is 51.6 Å². The summed E-state index contributed by atoms with van der Waals surface area (Å²) in [6.07, 6.45) is -1.61. The number of urea groups is 1. The van der Waals surface area contributed by atoms with Gasteiger partial charge in [-0.25, -0.2) is 4.79 Å². The molecule has 10 nitrogen and oxygen atoms in total. The van der Waals surface area contributed by atoms with Crippen LogP contribution in [-0.4, -0.2) is 114 Å². The highest BCUT2D eigenvalue weighted by Crippen LogP contribution is 2.38. The number of carbonyl (C=O) groups excluding carboxylic acids is 3. The van der Waals surface area contributed by atoms with Crippen LogP contribution in [-0.2, 0) is 28.7 Å². The Bertz CT molecular complexity index is 1530. The first-order valence-electron chi connectivity index (χ1n) is 17.2. The Labute approximate surface area is 290 Å². The number of para-hydroxylation sites is 1. The molecule has 2 aromatic carbocycles. The third kappa shape index (κ3) is 8.10. The molecule has 0 radical (unpaired) electrons. The number of nitrogen functional groups attached to an aromatic ring is 1. The Morgan fingerprint density at radius 1 is 0.939 bits per heavy atom. The average Bonchev–Trinajstić information content (AvgIpc) is 3.09. The fourth-order valence-electron chi connectivity index (χ4n) is 7.77. The summed E-state index contributed by atoms with van der Waals surface area (Å²) in [6, 6.07) is 10.2. The van der Waals surface area contributed by atoms with E-state index < -0.39 is 23.3 Å². The molecule has 4 amide bonds. The minimum Gasteiger partial charge on any atom is -0.397 e. The molecule has 0 saturated carbocycles. The van der Waals surface area contributed by atoms with Crippen LogP contribution in [0.1, 0.15) is 48.8 Å². The van der Waals surface area contributed by atoms with Gasteiger partial charge in [0.1, 0.15) is 0 Å². The molecule has 2 aromatic rings. The number of nitrogens with zero attached hydrogens (tertiary/aromatic N) is 5. The summed E-state index contributed by atoms with van der Waals surface area (Å²) in [6.45, 7) is 5.82. The first-order chi connectivity index (χ1) is 23.4. The van der Waals surface area contributed by atoms with Gasteiger partial charge < -0.3 is 30.7 Å². The third-order valence-corrected chi connectivity index (χ3v) is 11.0. The van der Waals surface area contributed by atoms with E-state index in [1.54, 1.807) is 9.80 Å². The van der Waals surface area contributed by atoms with Gasteiger partial charge in [-0.05, 0) is 81.6 Å². The predicted octanol–water partition coefficient (Wildman–Crippen LogP) is 4.77. The van der Waals surface area contributed by atoms with E-state index in [2.05, 4.69) is 22.2 Å². The van der Waals surface area contributed by atoms with Gasteiger partial charge in [-0.2, -0.15) is 13.2 Å². The Morgan fingerprint density at radius 3 is 2.27 bits per heavy atom. The molecule has 0 bridgehead atoms. The number of hydrogen-bond donors (Lipinski definition) is 2. The minimum absolute atomic E-state index is 0.0478. The largest absolute Gasteiger partial charge is 0.418 e. The molecule has 14 heteroatoms. The number of piperidine rings is 2. The number of halogens is 4. The van der Waals surface area contributed by atoms with E-state index in [9.17, 15) is 27.6 Å². The number of hydrogen-bond acceptors (Lipinski definition) is 6. The lowest BCUT2D eigenvalue weighted by molar-refractivity contribution is -0.143. The van der Waals surface area contributed by atoms with Gasteiger partial charge in [0.15, 0.2) is 0 Å². The molecule has 0 aromatic heterocycles. The molecule has 4 aliphatic heterocycles. The highest BCUT2D eigenvalue weighted by atomic mass is 35.5. The molecule has 3 N–H and O–H groups in total. The van der Waals surface area contributed by atoms with Crippen molar-refractivity contribution < 1.29 is 27.6 Å². The van der Waals surface area contributed by atoms with Crippen LogP contribution in [0.3, 0.4) is 0 Å². The molecular weight excluding hydrogens is 659 g/mol. The number of likely N-dealkylation sites (tertiary alicyclic amines) is 2. The second-order valence-electron chi connectivity index (χ2n) is 13.9. The fourth-order valence-corrected chi connectivity index (χ4v) is 8.01. The molecule has 3 fully saturated rings. The zero-order valence-electron chi connectivity index (χ0n) is 27.9. The number of anilines is 2. The maximum atomic E-state index is 14.1. The van der Waals surface area contributed by atoms with Crippen LogP contribution >= 0.6 is 11.6 Å². The van der Waals surface area contributed by atoms with Crippen molar-refractivity contribution in [2.75, 3.05) is 70.5 Å². The summed E-state index contributed by atoms with van der Waals surface area (Å²) in [5, 5.41) is 2.71. The topological polar surface area (TPSA) is 105 Å². The molecule has 0 aliphatic carbocycles. The summed E-state index contributed by atoms with van der Waals surface area (Å²) in [5.41, 5.74) is 6.11. The lowest BCUT2D eigenvalue weighted by Crippen LogP contribution is -2.55. The maximum Gasteiger partial charge on any atom is 0.418 e. The van der Waals surface area contributed by atoms with Crippen molar-refractivity contribution in [1.29, 1.82) is 0 Å². The van der Waals surface area contributed by atoms with E-state index in [4.69, 9.17) is 17.3 Å². The van der Waals surface area contributed by atoms with E-state index >= 15 is 0 Å². The van der Waals surface area contributed by atoms with Gasteiger partial charge in [-0.1, -0.05) is 29.8 Å². The summed E-state index contributed by atoms with van der Waals surface area (Å²) in [4.78, 5) is 50.7. The molecule has 0 unspecified atom stereocenters. The van der Waals surface area contributed by atoms with Crippen LogP contribution in [0.15, 0.2) is 36.4 Å². The third-order valence-electron chi connectivity index (χ3n) is 10.7. The van der Waals surface area contributed by atoms with Gasteiger partial charge in [-0.15, -0.1) is 0 Å². The van der Waals surface area contributed by atoms with Crippen molar-refractivity contribution in [1.82, 2.24) is 24.5 Å². The van der Waals surface area contributed by atoms with Gasteiger partial charge in [0.2, 0.25) is 11.8 Å². The Kier molecular flexibility index (Phi) is 10.6. The number of carbonyl (C=O) groups is 3. The summed E-state index contributed by atoms with van der Waals surface area (Å²) >= 11 is 6.14. The zero-order chi connectivity index (χ0) is 34.9. The number of nitrogens with two attached hydrogens (primary N) is 1. The maximum absolute atomic E-state index is 14.1. The normalized spacial score (nSPS) is 21.0. The van der Waals surface area contributed by atoms with E-state index in [0.717, 1.165) is 56.3 Å². The Morgan fingerprint density at radius 2 is 1.59 bits per heavy atom. The standard InChI is InChI=1S/C35H45ClF3N7O3/c1-42-10-6-26(7-11-42)43-14-16-45(17-15-43)33(48)25(18-23-19-28(35(37,38)39)32(40)29(36)20-23)21-31(47)44-12-8-27(9-13-44)46-22-24-4-2-3-5-30(24)41-34(46)49/h2-5,19-20,25-27H,6-18,21-22,40H2,1H3,(H,41,49)/t25-/m0/s1. The van der Waals surface area contributed by atoms with E-state index in [-0.39, 0.29) is 47.3 Å². The minimum atomic E-state index is -4.72. The molecule has 266 valence electrons. The molecule has 4 aliphatic rings. The van der Waals surface area contributed by atoms with Crippen LogP contribution in [0.4, 0.5) is 29.3 Å². The number of alkyl halides is 3. The Hall–Kier alpha value is -3.55. The summed E-state index contributed by atoms with van der Waals surface area (Å²) in [7, 11) is 2.12. The second-order valence-corrected chi connectivity index (χ2v) is 14.3. The van der Waals surface area contributed by atoms with Crippen molar-refractivity contribution in [3.63, 3.8) is 0 Å². The molecule has 6 rings (SSSR count). The van der Waals surface area contributed by atoms with Crippen molar-refractivity contribution in [3.8, 4) is 0 Å². The molecule has 4 heterocycles. The van der Waals surface area contributed by atoms with Crippen molar-refractivity contribution in [2.45, 2.75) is 63.3 Å². The van der Waals surface area contributed by atoms with Crippen LogP contribution in [0.25, 0.3) is 0 Å². The van der Waals surface area contributed by atoms with E-state index in [1.165, 1.54) is 6.07 Å². The number of fused-ring (bicyclic) bond motifs is 1. The highest BCUT2D eigenvalue weighted by Gasteiger charge is 2.38. The first-order valence-corrected chi connectivity index (χ1v) is 17.5. The van der Waals surface area contributed by atoms with E-state index in [1.807, 2.05) is 29.2 Å². The number of nitrogens with one attached hydrogen (secondary N) is 1. The zero-order valence-corrected chi connectivity index (χ0v) is 28.6. The number of piperazine rings is 1. The number of amides is 4. The van der Waals surface area contributed by atoms with Crippen LogP contribution < -0.4 is 11.1 Å². The quantitative estimate of drug-likeness (QED) is 0.403. The van der Waals surface area contributed by atoms with Gasteiger partial charge >= 0.3 is 12.2 Å².